The Morgan fingerprint density at radius 2 is 2.28 bits per heavy atom. The molecule has 5 nitrogen and oxygen atoms in total. The van der Waals surface area contributed by atoms with Gasteiger partial charge in [-0.15, -0.1) is 0 Å². The van der Waals surface area contributed by atoms with Crippen molar-refractivity contribution >= 4 is 5.91 Å². The molecule has 0 aromatic rings. The number of rotatable bonds is 4. The third-order valence-electron chi connectivity index (χ3n) is 4.04. The van der Waals surface area contributed by atoms with Crippen molar-refractivity contribution in [3.05, 3.63) is 0 Å². The van der Waals surface area contributed by atoms with Gasteiger partial charge in [0.2, 0.25) is 5.91 Å². The number of hydrogen-bond acceptors (Lipinski definition) is 4. The molecule has 0 spiro atoms. The van der Waals surface area contributed by atoms with Gasteiger partial charge in [0.25, 0.3) is 0 Å². The predicted molar refractivity (Wildman–Crippen MR) is 66.4 cm³/mol. The first-order valence-corrected chi connectivity index (χ1v) is 6.59. The van der Waals surface area contributed by atoms with Gasteiger partial charge in [0.15, 0.2) is 0 Å². The standard InChI is InChI=1S/C13H23NO4/c1-16-8-12(15)14-6-4-11-13(9-14,10-17-2)5-3-7-18-11/h11H,3-10H2,1-2H3/t11-,13-/m0/s1. The van der Waals surface area contributed by atoms with Crippen LogP contribution in [0.25, 0.3) is 0 Å². The normalized spacial score (nSPS) is 32.1. The molecular weight excluding hydrogens is 234 g/mol. The number of piperidine rings is 1. The lowest BCUT2D eigenvalue weighted by atomic mass is 9.73. The van der Waals surface area contributed by atoms with Crippen molar-refractivity contribution in [3.8, 4) is 0 Å². The molecule has 0 aromatic heterocycles. The van der Waals surface area contributed by atoms with Gasteiger partial charge >= 0.3 is 0 Å². The fourth-order valence-electron chi connectivity index (χ4n) is 3.22. The lowest BCUT2D eigenvalue weighted by Crippen LogP contribution is -2.58. The van der Waals surface area contributed by atoms with Gasteiger partial charge in [-0.2, -0.15) is 0 Å². The Morgan fingerprint density at radius 3 is 3.00 bits per heavy atom. The number of ether oxygens (including phenoxy) is 3. The van der Waals surface area contributed by atoms with E-state index in [4.69, 9.17) is 14.2 Å². The molecule has 2 rings (SSSR count). The Bertz CT molecular complexity index is 293. The van der Waals surface area contributed by atoms with Crippen LogP contribution in [-0.4, -0.2) is 64.0 Å². The number of nitrogens with zero attached hydrogens (tertiary/aromatic N) is 1. The summed E-state index contributed by atoms with van der Waals surface area (Å²) in [5.74, 6) is 0.0667. The van der Waals surface area contributed by atoms with Crippen LogP contribution in [0.3, 0.4) is 0 Å². The monoisotopic (exact) mass is 257 g/mol. The molecule has 2 saturated heterocycles. The molecule has 2 aliphatic rings. The van der Waals surface area contributed by atoms with Gasteiger partial charge in [0, 0.05) is 39.3 Å². The van der Waals surface area contributed by atoms with Crippen LogP contribution in [0, 0.1) is 5.41 Å². The summed E-state index contributed by atoms with van der Waals surface area (Å²) >= 11 is 0. The maximum atomic E-state index is 11.9. The second-order valence-corrected chi connectivity index (χ2v) is 5.30. The highest BCUT2D eigenvalue weighted by Gasteiger charge is 2.46. The summed E-state index contributed by atoms with van der Waals surface area (Å²) in [5.41, 5.74) is -0.0192. The lowest BCUT2D eigenvalue weighted by Gasteiger charge is -2.50. The number of hydrogen-bond donors (Lipinski definition) is 0. The third-order valence-corrected chi connectivity index (χ3v) is 4.04. The average Bonchev–Trinajstić information content (AvgIpc) is 2.38. The summed E-state index contributed by atoms with van der Waals surface area (Å²) in [7, 11) is 3.27. The smallest absolute Gasteiger partial charge is 0.248 e. The summed E-state index contributed by atoms with van der Waals surface area (Å²) < 4.78 is 16.2. The van der Waals surface area contributed by atoms with Crippen LogP contribution in [0.1, 0.15) is 19.3 Å². The van der Waals surface area contributed by atoms with Gasteiger partial charge in [-0.1, -0.05) is 0 Å². The second kappa shape index (κ2) is 5.99. The van der Waals surface area contributed by atoms with Gasteiger partial charge < -0.3 is 19.1 Å². The summed E-state index contributed by atoms with van der Waals surface area (Å²) in [6, 6.07) is 0. The van der Waals surface area contributed by atoms with Crippen molar-refractivity contribution in [2.75, 3.05) is 47.1 Å². The fourth-order valence-corrected chi connectivity index (χ4v) is 3.22. The van der Waals surface area contributed by atoms with Crippen molar-refractivity contribution in [3.63, 3.8) is 0 Å². The van der Waals surface area contributed by atoms with E-state index in [0.29, 0.717) is 6.61 Å². The van der Waals surface area contributed by atoms with E-state index in [1.165, 1.54) is 0 Å². The van der Waals surface area contributed by atoms with E-state index in [9.17, 15) is 4.79 Å². The Morgan fingerprint density at radius 1 is 1.44 bits per heavy atom. The summed E-state index contributed by atoms with van der Waals surface area (Å²) in [5, 5.41) is 0. The van der Waals surface area contributed by atoms with Crippen molar-refractivity contribution < 1.29 is 19.0 Å². The molecular formula is C13H23NO4. The molecule has 0 aromatic carbocycles. The summed E-state index contributed by atoms with van der Waals surface area (Å²) in [6.45, 7) is 3.15. The molecule has 0 radical (unpaired) electrons. The van der Waals surface area contributed by atoms with Crippen LogP contribution in [-0.2, 0) is 19.0 Å². The minimum absolute atomic E-state index is 0.0192. The van der Waals surface area contributed by atoms with E-state index in [2.05, 4.69) is 0 Å². The number of likely N-dealkylation sites (tertiary alicyclic amines) is 1. The highest BCUT2D eigenvalue weighted by Crippen LogP contribution is 2.40. The van der Waals surface area contributed by atoms with Gasteiger partial charge in [-0.25, -0.2) is 0 Å². The topological polar surface area (TPSA) is 48.0 Å². The molecule has 0 N–H and O–H groups in total. The number of fused-ring (bicyclic) bond motifs is 1. The summed E-state index contributed by atoms with van der Waals surface area (Å²) in [4.78, 5) is 13.8. The molecule has 0 saturated carbocycles. The number of methoxy groups -OCH3 is 2. The highest BCUT2D eigenvalue weighted by atomic mass is 16.5. The molecule has 1 amide bonds. The first-order chi connectivity index (χ1) is 8.72. The fraction of sp³-hybridized carbons (Fsp3) is 0.923. The van der Waals surface area contributed by atoms with E-state index >= 15 is 0 Å². The van der Waals surface area contributed by atoms with Crippen molar-refractivity contribution in [2.45, 2.75) is 25.4 Å². The zero-order chi connectivity index (χ0) is 13.0. The number of carbonyl (C=O) groups is 1. The first kappa shape index (κ1) is 13.8. The van der Waals surface area contributed by atoms with Crippen molar-refractivity contribution in [2.24, 2.45) is 5.41 Å². The Labute approximate surface area is 108 Å². The van der Waals surface area contributed by atoms with E-state index in [1.54, 1.807) is 14.2 Å². The zero-order valence-electron chi connectivity index (χ0n) is 11.3. The molecule has 2 atom stereocenters. The van der Waals surface area contributed by atoms with Crippen LogP contribution in [0.2, 0.25) is 0 Å². The Kier molecular flexibility index (Phi) is 4.59. The van der Waals surface area contributed by atoms with E-state index in [0.717, 1.165) is 39.0 Å². The Balaban J connectivity index is 2.06. The minimum atomic E-state index is -0.0192. The maximum Gasteiger partial charge on any atom is 0.248 e. The van der Waals surface area contributed by atoms with E-state index in [1.807, 2.05) is 4.90 Å². The molecule has 0 unspecified atom stereocenters. The van der Waals surface area contributed by atoms with Crippen molar-refractivity contribution in [1.29, 1.82) is 0 Å². The number of amides is 1. The maximum absolute atomic E-state index is 11.9. The van der Waals surface area contributed by atoms with Crippen LogP contribution in [0.5, 0.6) is 0 Å². The molecule has 2 fully saturated rings. The number of carbonyl (C=O) groups excluding carboxylic acids is 1. The van der Waals surface area contributed by atoms with Crippen LogP contribution < -0.4 is 0 Å². The Hall–Kier alpha value is -0.650. The molecule has 5 heteroatoms. The molecule has 0 bridgehead atoms. The second-order valence-electron chi connectivity index (χ2n) is 5.30. The van der Waals surface area contributed by atoms with Gasteiger partial charge in [-0.3, -0.25) is 4.79 Å². The SMILES string of the molecule is COCC(=O)N1CC[C@@H]2OCCC[C@@]2(COC)C1. The minimum Gasteiger partial charge on any atom is -0.384 e. The van der Waals surface area contributed by atoms with Gasteiger partial charge in [0.05, 0.1) is 12.7 Å². The zero-order valence-corrected chi connectivity index (χ0v) is 11.3. The molecule has 0 aliphatic carbocycles. The van der Waals surface area contributed by atoms with Crippen LogP contribution in [0.15, 0.2) is 0 Å². The van der Waals surface area contributed by atoms with Crippen LogP contribution in [0.4, 0.5) is 0 Å². The first-order valence-electron chi connectivity index (χ1n) is 6.59. The molecule has 2 heterocycles. The molecule has 18 heavy (non-hydrogen) atoms. The quantitative estimate of drug-likeness (QED) is 0.743. The highest BCUT2D eigenvalue weighted by molar-refractivity contribution is 5.77. The van der Waals surface area contributed by atoms with Crippen molar-refractivity contribution in [1.82, 2.24) is 4.90 Å². The molecule has 104 valence electrons. The summed E-state index contributed by atoms with van der Waals surface area (Å²) in [6.07, 6.45) is 3.26. The van der Waals surface area contributed by atoms with E-state index in [-0.39, 0.29) is 24.0 Å². The average molecular weight is 257 g/mol. The third kappa shape index (κ3) is 2.68. The van der Waals surface area contributed by atoms with Gasteiger partial charge in [-0.05, 0) is 19.3 Å². The van der Waals surface area contributed by atoms with E-state index < -0.39 is 0 Å². The van der Waals surface area contributed by atoms with Crippen LogP contribution >= 0.6 is 0 Å². The largest absolute Gasteiger partial charge is 0.384 e. The lowest BCUT2D eigenvalue weighted by molar-refractivity contribution is -0.164. The molecule has 2 aliphatic heterocycles. The predicted octanol–water partition coefficient (Wildman–Crippen LogP) is 0.677. The van der Waals surface area contributed by atoms with Gasteiger partial charge in [0.1, 0.15) is 6.61 Å².